The lowest BCUT2D eigenvalue weighted by Gasteiger charge is -2.20. The quantitative estimate of drug-likeness (QED) is 0.119. The Kier molecular flexibility index (Phi) is 19.6. The van der Waals surface area contributed by atoms with Crippen LogP contribution < -0.4 is 10.6 Å². The summed E-state index contributed by atoms with van der Waals surface area (Å²) in [5.41, 5.74) is 0.897. The number of unbranched alkanes of at least 4 members (excludes halogenated alkanes) is 15. The molecule has 1 aromatic carbocycles. The average Bonchev–Trinajstić information content (AvgIpc) is 2.88. The molecule has 36 heavy (non-hydrogen) atoms. The second-order valence-corrected chi connectivity index (χ2v) is 10.1. The molecule has 3 N–H and O–H groups in total. The van der Waals surface area contributed by atoms with Crippen LogP contribution >= 0.6 is 0 Å². The van der Waals surface area contributed by atoms with E-state index in [1.807, 2.05) is 30.3 Å². The van der Waals surface area contributed by atoms with Crippen molar-refractivity contribution in [3.63, 3.8) is 0 Å². The standard InChI is InChI=1S/C31H52N2O3/c1-3-4-5-6-7-8-9-10-11-12-13-14-15-16-17-21-26-32-31(36)30(27(2)34)33-29(35)25-24-28-22-19-18-20-23-28/h18-20,22-25,27,30,34H,3-17,21,26H2,1-2H3,(H,32,36)(H,33,35)/b25-24+/t27-,30+/m1/s1. The SMILES string of the molecule is CCCCCCCCCCCCCCCCCCNC(=O)[C@@H](NC(=O)/C=C/c1ccccc1)[C@@H](C)O. The first-order valence-corrected chi connectivity index (χ1v) is 14.5. The summed E-state index contributed by atoms with van der Waals surface area (Å²) in [7, 11) is 0. The molecule has 0 spiro atoms. The van der Waals surface area contributed by atoms with Gasteiger partial charge in [0.25, 0.3) is 0 Å². The Bertz CT molecular complexity index is 703. The van der Waals surface area contributed by atoms with Crippen LogP contribution in [0.1, 0.15) is 122 Å². The maximum Gasteiger partial charge on any atom is 0.245 e. The first kappa shape index (κ1) is 31.9. The van der Waals surface area contributed by atoms with Crippen molar-refractivity contribution in [2.45, 2.75) is 129 Å². The van der Waals surface area contributed by atoms with Gasteiger partial charge in [0, 0.05) is 12.6 Å². The van der Waals surface area contributed by atoms with Crippen LogP contribution in [-0.2, 0) is 9.59 Å². The van der Waals surface area contributed by atoms with Crippen molar-refractivity contribution in [2.24, 2.45) is 0 Å². The Hall–Kier alpha value is -2.14. The minimum absolute atomic E-state index is 0.340. The molecule has 0 aromatic heterocycles. The number of nitrogens with one attached hydrogen (secondary N) is 2. The van der Waals surface area contributed by atoms with E-state index in [4.69, 9.17) is 0 Å². The average molecular weight is 501 g/mol. The van der Waals surface area contributed by atoms with E-state index < -0.39 is 18.1 Å². The van der Waals surface area contributed by atoms with E-state index in [0.29, 0.717) is 6.54 Å². The van der Waals surface area contributed by atoms with Gasteiger partial charge in [-0.25, -0.2) is 0 Å². The summed E-state index contributed by atoms with van der Waals surface area (Å²) in [6, 6.07) is 8.51. The molecular weight excluding hydrogens is 448 g/mol. The first-order valence-electron chi connectivity index (χ1n) is 14.5. The summed E-state index contributed by atoms with van der Waals surface area (Å²) in [5, 5.41) is 15.4. The van der Waals surface area contributed by atoms with Crippen LogP contribution in [-0.4, -0.2) is 35.6 Å². The van der Waals surface area contributed by atoms with Crippen LogP contribution in [0.25, 0.3) is 6.08 Å². The third-order valence-electron chi connectivity index (χ3n) is 6.62. The number of amides is 2. The maximum atomic E-state index is 12.4. The van der Waals surface area contributed by atoms with E-state index >= 15 is 0 Å². The van der Waals surface area contributed by atoms with Crippen LogP contribution in [0.15, 0.2) is 36.4 Å². The third-order valence-corrected chi connectivity index (χ3v) is 6.62. The Balaban J connectivity index is 2.02. The van der Waals surface area contributed by atoms with Crippen LogP contribution in [0.3, 0.4) is 0 Å². The number of carbonyl (C=O) groups excluding carboxylic acids is 2. The number of hydrogen-bond donors (Lipinski definition) is 3. The Morgan fingerprint density at radius 1 is 0.778 bits per heavy atom. The Morgan fingerprint density at radius 2 is 1.25 bits per heavy atom. The fourth-order valence-corrected chi connectivity index (χ4v) is 4.34. The van der Waals surface area contributed by atoms with Gasteiger partial charge in [-0.2, -0.15) is 0 Å². The third kappa shape index (κ3) is 17.3. The van der Waals surface area contributed by atoms with Gasteiger partial charge in [0.2, 0.25) is 11.8 Å². The van der Waals surface area contributed by atoms with Gasteiger partial charge in [-0.05, 0) is 25.0 Å². The van der Waals surface area contributed by atoms with Crippen molar-refractivity contribution in [2.75, 3.05) is 6.54 Å². The molecule has 204 valence electrons. The molecule has 0 heterocycles. The Morgan fingerprint density at radius 3 is 1.72 bits per heavy atom. The lowest BCUT2D eigenvalue weighted by atomic mass is 10.0. The lowest BCUT2D eigenvalue weighted by molar-refractivity contribution is -0.129. The molecule has 0 fully saturated rings. The fraction of sp³-hybridized carbons (Fsp3) is 0.677. The zero-order valence-electron chi connectivity index (χ0n) is 23.0. The largest absolute Gasteiger partial charge is 0.391 e. The van der Waals surface area contributed by atoms with Gasteiger partial charge in [-0.1, -0.05) is 134 Å². The zero-order valence-corrected chi connectivity index (χ0v) is 23.0. The molecule has 5 nitrogen and oxygen atoms in total. The summed E-state index contributed by atoms with van der Waals surface area (Å²) < 4.78 is 0. The van der Waals surface area contributed by atoms with Crippen molar-refractivity contribution >= 4 is 17.9 Å². The monoisotopic (exact) mass is 500 g/mol. The molecule has 2 atom stereocenters. The highest BCUT2D eigenvalue weighted by molar-refractivity contribution is 5.95. The molecular formula is C31H52N2O3. The van der Waals surface area contributed by atoms with Crippen LogP contribution in [0, 0.1) is 0 Å². The van der Waals surface area contributed by atoms with Gasteiger partial charge in [0.05, 0.1) is 6.10 Å². The molecule has 0 aliphatic rings. The minimum Gasteiger partial charge on any atom is -0.391 e. The number of aliphatic hydroxyl groups excluding tert-OH is 1. The molecule has 0 aliphatic heterocycles. The second kappa shape index (κ2) is 22.1. The number of benzene rings is 1. The molecule has 1 aromatic rings. The number of rotatable bonds is 22. The summed E-state index contributed by atoms with van der Waals surface area (Å²) >= 11 is 0. The number of hydrogen-bond acceptors (Lipinski definition) is 3. The molecule has 0 bridgehead atoms. The van der Waals surface area contributed by atoms with E-state index in [1.165, 1.54) is 103 Å². The molecule has 0 unspecified atom stereocenters. The molecule has 0 saturated heterocycles. The molecule has 2 amide bonds. The van der Waals surface area contributed by atoms with Crippen LogP contribution in [0.2, 0.25) is 0 Å². The van der Waals surface area contributed by atoms with Crippen molar-refractivity contribution in [1.29, 1.82) is 0 Å². The molecule has 0 saturated carbocycles. The van der Waals surface area contributed by atoms with Gasteiger partial charge in [0.15, 0.2) is 0 Å². The van der Waals surface area contributed by atoms with E-state index in [1.54, 1.807) is 6.08 Å². The number of aliphatic hydroxyl groups is 1. The predicted molar refractivity (Wildman–Crippen MR) is 152 cm³/mol. The van der Waals surface area contributed by atoms with E-state index in [2.05, 4.69) is 17.6 Å². The number of carbonyl (C=O) groups is 2. The topological polar surface area (TPSA) is 78.4 Å². The van der Waals surface area contributed by atoms with Gasteiger partial charge in [-0.3, -0.25) is 9.59 Å². The van der Waals surface area contributed by atoms with Gasteiger partial charge < -0.3 is 15.7 Å². The Labute approximate surface area is 220 Å². The lowest BCUT2D eigenvalue weighted by Crippen LogP contribution is -2.52. The molecule has 1 rings (SSSR count). The van der Waals surface area contributed by atoms with Crippen molar-refractivity contribution in [1.82, 2.24) is 10.6 Å². The molecule has 0 radical (unpaired) electrons. The van der Waals surface area contributed by atoms with Crippen LogP contribution in [0.4, 0.5) is 0 Å². The molecule has 5 heteroatoms. The predicted octanol–water partition coefficient (Wildman–Crippen LogP) is 6.94. The molecule has 0 aliphatic carbocycles. The van der Waals surface area contributed by atoms with E-state index in [-0.39, 0.29) is 5.91 Å². The van der Waals surface area contributed by atoms with Crippen LogP contribution in [0.5, 0.6) is 0 Å². The summed E-state index contributed by atoms with van der Waals surface area (Å²) in [4.78, 5) is 24.6. The highest BCUT2D eigenvalue weighted by Gasteiger charge is 2.24. The fourth-order valence-electron chi connectivity index (χ4n) is 4.34. The smallest absolute Gasteiger partial charge is 0.245 e. The van der Waals surface area contributed by atoms with E-state index in [9.17, 15) is 14.7 Å². The maximum absolute atomic E-state index is 12.4. The van der Waals surface area contributed by atoms with Crippen molar-refractivity contribution < 1.29 is 14.7 Å². The first-order chi connectivity index (χ1) is 17.5. The van der Waals surface area contributed by atoms with Crippen molar-refractivity contribution in [3.8, 4) is 0 Å². The second-order valence-electron chi connectivity index (χ2n) is 10.1. The summed E-state index contributed by atoms with van der Waals surface area (Å²) in [5.74, 6) is -0.741. The van der Waals surface area contributed by atoms with Gasteiger partial charge >= 0.3 is 0 Å². The van der Waals surface area contributed by atoms with Gasteiger partial charge in [-0.15, -0.1) is 0 Å². The zero-order chi connectivity index (χ0) is 26.3. The van der Waals surface area contributed by atoms with Crippen molar-refractivity contribution in [3.05, 3.63) is 42.0 Å². The highest BCUT2D eigenvalue weighted by Crippen LogP contribution is 2.13. The normalized spacial score (nSPS) is 13.0. The minimum atomic E-state index is -0.968. The van der Waals surface area contributed by atoms with E-state index in [0.717, 1.165) is 18.4 Å². The summed E-state index contributed by atoms with van der Waals surface area (Å²) in [6.45, 7) is 4.35. The highest BCUT2D eigenvalue weighted by atomic mass is 16.3. The summed E-state index contributed by atoms with van der Waals surface area (Å²) in [6.07, 6.45) is 23.1. The van der Waals surface area contributed by atoms with Gasteiger partial charge in [0.1, 0.15) is 6.04 Å².